The number of imidazole rings is 1. The summed E-state index contributed by atoms with van der Waals surface area (Å²) in [5, 5.41) is 13.1. The second kappa shape index (κ2) is 9.30. The largest absolute Gasteiger partial charge is 0.337 e. The molecule has 4 aromatic rings. The van der Waals surface area contributed by atoms with E-state index in [1.165, 1.54) is 11.1 Å². The van der Waals surface area contributed by atoms with E-state index in [-0.39, 0.29) is 0 Å². The molecule has 2 aromatic carbocycles. The first-order chi connectivity index (χ1) is 14.3. The molecule has 0 fully saturated rings. The van der Waals surface area contributed by atoms with Crippen LogP contribution in [0.15, 0.2) is 73.3 Å². The Hall–Kier alpha value is -3.25. The molecular formula is C23H26N6. The molecular weight excluding hydrogens is 360 g/mol. The van der Waals surface area contributed by atoms with Crippen LogP contribution >= 0.6 is 0 Å². The summed E-state index contributed by atoms with van der Waals surface area (Å²) in [7, 11) is 0. The zero-order valence-corrected chi connectivity index (χ0v) is 16.7. The van der Waals surface area contributed by atoms with Crippen molar-refractivity contribution in [2.75, 3.05) is 6.54 Å². The maximum absolute atomic E-state index is 4.79. The fourth-order valence-electron chi connectivity index (χ4n) is 3.26. The molecule has 0 spiro atoms. The summed E-state index contributed by atoms with van der Waals surface area (Å²) in [6, 6.07) is 18.8. The number of nitrogens with zero attached hydrogens (tertiary/aromatic N) is 5. The van der Waals surface area contributed by atoms with Crippen LogP contribution < -0.4 is 5.32 Å². The van der Waals surface area contributed by atoms with Gasteiger partial charge in [0, 0.05) is 31.0 Å². The third-order valence-corrected chi connectivity index (χ3v) is 4.84. The maximum Gasteiger partial charge on any atom is 0.117 e. The van der Waals surface area contributed by atoms with Crippen LogP contribution in [-0.2, 0) is 19.6 Å². The highest BCUT2D eigenvalue weighted by molar-refractivity contribution is 5.60. The quantitative estimate of drug-likeness (QED) is 0.446. The number of aryl methyl sites for hydroxylation is 2. The lowest BCUT2D eigenvalue weighted by Gasteiger charge is -2.05. The Morgan fingerprint density at radius 3 is 2.55 bits per heavy atom. The van der Waals surface area contributed by atoms with E-state index in [4.69, 9.17) is 10.2 Å². The molecule has 2 aromatic heterocycles. The predicted octanol–water partition coefficient (Wildman–Crippen LogP) is 3.68. The maximum atomic E-state index is 4.79. The first-order valence-corrected chi connectivity index (χ1v) is 9.99. The average Bonchev–Trinajstić information content (AvgIpc) is 3.40. The van der Waals surface area contributed by atoms with Gasteiger partial charge < -0.3 is 9.88 Å². The van der Waals surface area contributed by atoms with Crippen molar-refractivity contribution in [1.82, 2.24) is 29.9 Å². The van der Waals surface area contributed by atoms with Gasteiger partial charge in [0.2, 0.25) is 0 Å². The van der Waals surface area contributed by atoms with Crippen LogP contribution in [0.2, 0.25) is 0 Å². The Bertz CT molecular complexity index is 1000. The van der Waals surface area contributed by atoms with Crippen LogP contribution in [0.3, 0.4) is 0 Å². The average molecular weight is 387 g/mol. The molecule has 6 heteroatoms. The van der Waals surface area contributed by atoms with E-state index in [0.29, 0.717) is 13.1 Å². The van der Waals surface area contributed by atoms with Crippen molar-refractivity contribution < 1.29 is 0 Å². The normalized spacial score (nSPS) is 11.1. The molecule has 0 atom stereocenters. The molecule has 0 radical (unpaired) electrons. The van der Waals surface area contributed by atoms with Crippen LogP contribution in [0.5, 0.6) is 0 Å². The van der Waals surface area contributed by atoms with Gasteiger partial charge in [-0.3, -0.25) is 0 Å². The minimum Gasteiger partial charge on any atom is -0.337 e. The van der Waals surface area contributed by atoms with Crippen LogP contribution in [0.1, 0.15) is 23.2 Å². The fraction of sp³-hybridized carbons (Fsp3) is 0.261. The Morgan fingerprint density at radius 2 is 1.79 bits per heavy atom. The second-order valence-electron chi connectivity index (χ2n) is 7.21. The zero-order chi connectivity index (χ0) is 19.9. The molecule has 4 rings (SSSR count). The summed E-state index contributed by atoms with van der Waals surface area (Å²) in [6.45, 7) is 5.33. The van der Waals surface area contributed by atoms with Crippen LogP contribution in [-0.4, -0.2) is 31.1 Å². The highest BCUT2D eigenvalue weighted by Gasteiger charge is 2.13. The van der Waals surface area contributed by atoms with Crippen molar-refractivity contribution in [1.29, 1.82) is 0 Å². The summed E-state index contributed by atoms with van der Waals surface area (Å²) < 4.78 is 2.09. The Balaban J connectivity index is 1.43. The summed E-state index contributed by atoms with van der Waals surface area (Å²) in [6.07, 6.45) is 6.69. The van der Waals surface area contributed by atoms with Crippen molar-refractivity contribution in [3.8, 4) is 11.3 Å². The van der Waals surface area contributed by atoms with Crippen molar-refractivity contribution in [3.63, 3.8) is 0 Å². The number of nitrogens with one attached hydrogen (secondary N) is 1. The van der Waals surface area contributed by atoms with E-state index in [0.717, 1.165) is 36.5 Å². The molecule has 29 heavy (non-hydrogen) atoms. The fourth-order valence-corrected chi connectivity index (χ4v) is 3.26. The standard InChI is InChI=1S/C23H26N6/c1-19-8-10-20(11-9-19)17-29-26-22(23(27-29)21-6-3-2-4-7-21)16-24-12-5-14-28-15-13-25-18-28/h2-4,6-11,13,15,18,24H,5,12,14,16-17H2,1H3. The van der Waals surface area contributed by atoms with Gasteiger partial charge >= 0.3 is 0 Å². The molecule has 0 aliphatic rings. The first-order valence-electron chi connectivity index (χ1n) is 9.99. The van der Waals surface area contributed by atoms with Crippen molar-refractivity contribution >= 4 is 0 Å². The van der Waals surface area contributed by atoms with E-state index in [2.05, 4.69) is 58.2 Å². The van der Waals surface area contributed by atoms with Gasteiger partial charge in [-0.05, 0) is 25.5 Å². The number of hydrogen-bond donors (Lipinski definition) is 1. The van der Waals surface area contributed by atoms with Gasteiger partial charge in [-0.15, -0.1) is 0 Å². The monoisotopic (exact) mass is 386 g/mol. The van der Waals surface area contributed by atoms with Gasteiger partial charge in [-0.2, -0.15) is 15.0 Å². The molecule has 0 aliphatic carbocycles. The topological polar surface area (TPSA) is 60.6 Å². The SMILES string of the molecule is Cc1ccc(Cn2nc(CNCCCn3ccnc3)c(-c3ccccc3)n2)cc1. The van der Waals surface area contributed by atoms with Crippen molar-refractivity contribution in [2.24, 2.45) is 0 Å². The Labute approximate surface area is 171 Å². The third kappa shape index (κ3) is 5.18. The lowest BCUT2D eigenvalue weighted by molar-refractivity contribution is 0.558. The predicted molar refractivity (Wildman–Crippen MR) is 114 cm³/mol. The smallest absolute Gasteiger partial charge is 0.117 e. The Kier molecular flexibility index (Phi) is 6.12. The summed E-state index contributed by atoms with van der Waals surface area (Å²) in [5.41, 5.74) is 5.47. The molecule has 1 N–H and O–H groups in total. The molecule has 0 saturated carbocycles. The molecule has 0 saturated heterocycles. The molecule has 0 amide bonds. The van der Waals surface area contributed by atoms with Crippen molar-refractivity contribution in [3.05, 3.63) is 90.1 Å². The molecule has 0 aliphatic heterocycles. The number of rotatable bonds is 9. The van der Waals surface area contributed by atoms with Crippen LogP contribution in [0.25, 0.3) is 11.3 Å². The van der Waals surface area contributed by atoms with Gasteiger partial charge in [-0.1, -0.05) is 60.2 Å². The lowest BCUT2D eigenvalue weighted by atomic mass is 10.1. The van der Waals surface area contributed by atoms with Crippen LogP contribution in [0.4, 0.5) is 0 Å². The molecule has 0 bridgehead atoms. The minimum absolute atomic E-state index is 0.667. The number of aromatic nitrogens is 5. The highest BCUT2D eigenvalue weighted by Crippen LogP contribution is 2.20. The van der Waals surface area contributed by atoms with Gasteiger partial charge in [0.15, 0.2) is 0 Å². The zero-order valence-electron chi connectivity index (χ0n) is 16.7. The van der Waals surface area contributed by atoms with Gasteiger partial charge in [0.1, 0.15) is 11.4 Å². The molecule has 0 unspecified atom stereocenters. The van der Waals surface area contributed by atoms with E-state index in [1.807, 2.05) is 36.9 Å². The molecule has 6 nitrogen and oxygen atoms in total. The highest BCUT2D eigenvalue weighted by atomic mass is 15.5. The van der Waals surface area contributed by atoms with E-state index < -0.39 is 0 Å². The summed E-state index contributed by atoms with van der Waals surface area (Å²) in [4.78, 5) is 5.88. The number of hydrogen-bond acceptors (Lipinski definition) is 4. The summed E-state index contributed by atoms with van der Waals surface area (Å²) >= 11 is 0. The van der Waals surface area contributed by atoms with Gasteiger partial charge in [0.25, 0.3) is 0 Å². The van der Waals surface area contributed by atoms with E-state index in [1.54, 1.807) is 4.80 Å². The first kappa shape index (κ1) is 19.1. The van der Waals surface area contributed by atoms with E-state index in [9.17, 15) is 0 Å². The van der Waals surface area contributed by atoms with Crippen molar-refractivity contribution in [2.45, 2.75) is 33.0 Å². The Morgan fingerprint density at radius 1 is 0.966 bits per heavy atom. The number of benzene rings is 2. The summed E-state index contributed by atoms with van der Waals surface area (Å²) in [5.74, 6) is 0. The minimum atomic E-state index is 0.667. The second-order valence-corrected chi connectivity index (χ2v) is 7.21. The van der Waals surface area contributed by atoms with Gasteiger partial charge in [0.05, 0.1) is 12.9 Å². The molecule has 2 heterocycles. The van der Waals surface area contributed by atoms with Crippen LogP contribution in [0, 0.1) is 6.92 Å². The third-order valence-electron chi connectivity index (χ3n) is 4.84. The lowest BCUT2D eigenvalue weighted by Crippen LogP contribution is -2.17. The molecule has 148 valence electrons. The van der Waals surface area contributed by atoms with E-state index >= 15 is 0 Å². The van der Waals surface area contributed by atoms with Gasteiger partial charge in [-0.25, -0.2) is 4.98 Å².